The SMILES string of the molecule is O=C(N[C@@H](CCN1CCC2(CC1)CCN(Cc1cc[nH]c(=O)c1)C2=O)c1ccccc1)C1CCCC1. The lowest BCUT2D eigenvalue weighted by molar-refractivity contribution is -0.139. The molecule has 2 aromatic rings. The van der Waals surface area contributed by atoms with Gasteiger partial charge in [0.25, 0.3) is 0 Å². The van der Waals surface area contributed by atoms with Gasteiger partial charge in [0.15, 0.2) is 0 Å². The van der Waals surface area contributed by atoms with E-state index in [0.717, 1.165) is 83.1 Å². The topological polar surface area (TPSA) is 85.5 Å². The van der Waals surface area contributed by atoms with Crippen molar-refractivity contribution in [2.45, 2.75) is 64.0 Å². The maximum Gasteiger partial charge on any atom is 0.248 e. The van der Waals surface area contributed by atoms with Gasteiger partial charge in [0.1, 0.15) is 0 Å². The van der Waals surface area contributed by atoms with E-state index in [-0.39, 0.29) is 34.7 Å². The van der Waals surface area contributed by atoms with Crippen LogP contribution in [0.25, 0.3) is 0 Å². The number of piperidine rings is 1. The van der Waals surface area contributed by atoms with Crippen molar-refractivity contribution < 1.29 is 9.59 Å². The fraction of sp³-hybridized carbons (Fsp3) is 0.552. The Morgan fingerprint density at radius 2 is 1.75 bits per heavy atom. The summed E-state index contributed by atoms with van der Waals surface area (Å²) in [6.45, 7) is 3.99. The van der Waals surface area contributed by atoms with Crippen molar-refractivity contribution in [3.8, 4) is 0 Å². The van der Waals surface area contributed by atoms with Crippen molar-refractivity contribution in [1.82, 2.24) is 20.1 Å². The van der Waals surface area contributed by atoms with Gasteiger partial charge in [0, 0.05) is 37.8 Å². The Morgan fingerprint density at radius 1 is 1.03 bits per heavy atom. The highest BCUT2D eigenvalue weighted by molar-refractivity contribution is 5.85. The maximum absolute atomic E-state index is 13.4. The number of amides is 2. The highest BCUT2D eigenvalue weighted by Gasteiger charge is 2.47. The molecule has 7 heteroatoms. The average molecular weight is 491 g/mol. The molecule has 2 N–H and O–H groups in total. The molecule has 1 saturated carbocycles. The molecule has 1 atom stereocenters. The van der Waals surface area contributed by atoms with Crippen molar-refractivity contribution in [3.05, 3.63) is 70.1 Å². The zero-order chi connectivity index (χ0) is 25.0. The van der Waals surface area contributed by atoms with Gasteiger partial charge in [-0.25, -0.2) is 0 Å². The molecule has 7 nitrogen and oxygen atoms in total. The molecule has 1 aromatic carbocycles. The number of hydrogen-bond donors (Lipinski definition) is 2. The molecular formula is C29H38N4O3. The van der Waals surface area contributed by atoms with E-state index in [2.05, 4.69) is 27.3 Å². The molecule has 2 amide bonds. The highest BCUT2D eigenvalue weighted by atomic mass is 16.2. The monoisotopic (exact) mass is 490 g/mol. The minimum Gasteiger partial charge on any atom is -0.349 e. The summed E-state index contributed by atoms with van der Waals surface area (Å²) < 4.78 is 0. The van der Waals surface area contributed by atoms with Gasteiger partial charge >= 0.3 is 0 Å². The van der Waals surface area contributed by atoms with Gasteiger partial charge in [0.05, 0.1) is 11.5 Å². The lowest BCUT2D eigenvalue weighted by atomic mass is 9.77. The average Bonchev–Trinajstić information content (AvgIpc) is 3.54. The number of likely N-dealkylation sites (tertiary alicyclic amines) is 2. The summed E-state index contributed by atoms with van der Waals surface area (Å²) in [6.07, 6.45) is 9.49. The van der Waals surface area contributed by atoms with Gasteiger partial charge in [-0.05, 0) is 68.8 Å². The van der Waals surface area contributed by atoms with Gasteiger partial charge in [0.2, 0.25) is 17.4 Å². The van der Waals surface area contributed by atoms with Crippen LogP contribution in [0.4, 0.5) is 0 Å². The van der Waals surface area contributed by atoms with Crippen molar-refractivity contribution in [3.63, 3.8) is 0 Å². The second-order valence-corrected chi connectivity index (χ2v) is 10.9. The smallest absolute Gasteiger partial charge is 0.248 e. The standard InChI is InChI=1S/C29H38N4O3/c34-26-20-22(10-15-30-26)21-33-19-14-29(28(33)36)12-17-32(18-13-29)16-11-25(23-6-2-1-3-7-23)31-27(35)24-8-4-5-9-24/h1-3,6-7,10,15,20,24-25H,4-5,8-9,11-14,16-19,21H2,(H,30,34)(H,31,35)/t25-/m0/s1. The molecule has 36 heavy (non-hydrogen) atoms. The van der Waals surface area contributed by atoms with Crippen LogP contribution in [0, 0.1) is 11.3 Å². The number of carbonyl (C=O) groups excluding carboxylic acids is 2. The second kappa shape index (κ2) is 11.0. The molecule has 1 spiro atoms. The Morgan fingerprint density at radius 3 is 2.47 bits per heavy atom. The molecule has 0 radical (unpaired) electrons. The summed E-state index contributed by atoms with van der Waals surface area (Å²) in [7, 11) is 0. The lowest BCUT2D eigenvalue weighted by Gasteiger charge is -2.38. The van der Waals surface area contributed by atoms with E-state index in [1.165, 1.54) is 5.56 Å². The number of aromatic nitrogens is 1. The number of hydrogen-bond acceptors (Lipinski definition) is 4. The van der Waals surface area contributed by atoms with E-state index < -0.39 is 0 Å². The van der Waals surface area contributed by atoms with Crippen LogP contribution in [-0.4, -0.2) is 52.8 Å². The number of nitrogens with one attached hydrogen (secondary N) is 2. The number of rotatable bonds is 8. The molecule has 1 aromatic heterocycles. The predicted molar refractivity (Wildman–Crippen MR) is 139 cm³/mol. The van der Waals surface area contributed by atoms with E-state index in [1.54, 1.807) is 12.3 Å². The third-order valence-electron chi connectivity index (χ3n) is 8.61. The van der Waals surface area contributed by atoms with Crippen LogP contribution in [-0.2, 0) is 16.1 Å². The zero-order valence-electron chi connectivity index (χ0n) is 21.1. The summed E-state index contributed by atoms with van der Waals surface area (Å²) in [6, 6.07) is 13.8. The number of H-pyrrole nitrogens is 1. The zero-order valence-corrected chi connectivity index (χ0v) is 21.1. The number of aromatic amines is 1. The van der Waals surface area contributed by atoms with Gasteiger partial charge in [-0.3, -0.25) is 14.4 Å². The third-order valence-corrected chi connectivity index (χ3v) is 8.61. The Balaban J connectivity index is 1.15. The maximum atomic E-state index is 13.4. The number of pyridine rings is 1. The van der Waals surface area contributed by atoms with Gasteiger partial charge in [-0.1, -0.05) is 43.2 Å². The molecular weight excluding hydrogens is 452 g/mol. The van der Waals surface area contributed by atoms with E-state index in [4.69, 9.17) is 0 Å². The van der Waals surface area contributed by atoms with Gasteiger partial charge in [-0.2, -0.15) is 0 Å². The normalized spacial score (nSPS) is 21.2. The molecule has 2 saturated heterocycles. The second-order valence-electron chi connectivity index (χ2n) is 10.9. The fourth-order valence-electron chi connectivity index (χ4n) is 6.32. The minimum atomic E-state index is -0.257. The Kier molecular flexibility index (Phi) is 7.56. The quantitative estimate of drug-likeness (QED) is 0.592. The van der Waals surface area contributed by atoms with E-state index in [9.17, 15) is 14.4 Å². The largest absolute Gasteiger partial charge is 0.349 e. The van der Waals surface area contributed by atoms with Crippen LogP contribution in [0.5, 0.6) is 0 Å². The molecule has 0 unspecified atom stereocenters. The van der Waals surface area contributed by atoms with E-state index in [1.807, 2.05) is 29.2 Å². The molecule has 5 rings (SSSR count). The molecule has 3 aliphatic rings. The first-order chi connectivity index (χ1) is 17.5. The molecule has 0 bridgehead atoms. The van der Waals surface area contributed by atoms with Crippen molar-refractivity contribution in [2.75, 3.05) is 26.2 Å². The Bertz CT molecular complexity index is 1100. The molecule has 3 fully saturated rings. The van der Waals surface area contributed by atoms with Crippen molar-refractivity contribution in [2.24, 2.45) is 11.3 Å². The van der Waals surface area contributed by atoms with Gasteiger partial charge < -0.3 is 20.1 Å². The van der Waals surface area contributed by atoms with Crippen LogP contribution in [0.3, 0.4) is 0 Å². The van der Waals surface area contributed by atoms with Crippen molar-refractivity contribution in [1.29, 1.82) is 0 Å². The minimum absolute atomic E-state index is 0.0211. The summed E-state index contributed by atoms with van der Waals surface area (Å²) in [4.78, 5) is 44.9. The van der Waals surface area contributed by atoms with Crippen LogP contribution < -0.4 is 10.9 Å². The first-order valence-electron chi connectivity index (χ1n) is 13.6. The summed E-state index contributed by atoms with van der Waals surface area (Å²) in [5.41, 5.74) is 1.66. The molecule has 2 aliphatic heterocycles. The number of nitrogens with zero attached hydrogens (tertiary/aromatic N) is 2. The van der Waals surface area contributed by atoms with Crippen molar-refractivity contribution >= 4 is 11.8 Å². The first-order valence-corrected chi connectivity index (χ1v) is 13.6. The highest BCUT2D eigenvalue weighted by Crippen LogP contribution is 2.42. The van der Waals surface area contributed by atoms with E-state index >= 15 is 0 Å². The lowest BCUT2D eigenvalue weighted by Crippen LogP contribution is -2.45. The summed E-state index contributed by atoms with van der Waals surface area (Å²) in [5.74, 6) is 0.612. The van der Waals surface area contributed by atoms with Gasteiger partial charge in [-0.15, -0.1) is 0 Å². The van der Waals surface area contributed by atoms with Crippen LogP contribution in [0.2, 0.25) is 0 Å². The Labute approximate surface area is 213 Å². The van der Waals surface area contributed by atoms with Crippen LogP contribution in [0.1, 0.15) is 68.5 Å². The number of benzene rings is 1. The first kappa shape index (κ1) is 24.8. The van der Waals surface area contributed by atoms with Crippen LogP contribution in [0.15, 0.2) is 53.5 Å². The predicted octanol–water partition coefficient (Wildman–Crippen LogP) is 3.63. The molecule has 1 aliphatic carbocycles. The third kappa shape index (κ3) is 5.56. The van der Waals surface area contributed by atoms with E-state index in [0.29, 0.717) is 6.54 Å². The number of carbonyl (C=O) groups is 2. The molecule has 192 valence electrons. The van der Waals surface area contributed by atoms with Crippen LogP contribution >= 0.6 is 0 Å². The summed E-state index contributed by atoms with van der Waals surface area (Å²) >= 11 is 0. The molecule has 3 heterocycles. The Hall–Kier alpha value is -2.93. The summed E-state index contributed by atoms with van der Waals surface area (Å²) in [5, 5.41) is 3.35. The fourth-order valence-corrected chi connectivity index (χ4v) is 6.32.